The predicted octanol–water partition coefficient (Wildman–Crippen LogP) is 2.25. The summed E-state index contributed by atoms with van der Waals surface area (Å²) in [6.07, 6.45) is 0. The molecular formula is C10H14BrNO3. The molecule has 0 aliphatic heterocycles. The van der Waals surface area contributed by atoms with Crippen molar-refractivity contribution in [3.05, 3.63) is 21.7 Å². The van der Waals surface area contributed by atoms with Gasteiger partial charge in [-0.15, -0.1) is 0 Å². The van der Waals surface area contributed by atoms with Crippen LogP contribution in [0.3, 0.4) is 0 Å². The third-order valence-electron chi connectivity index (χ3n) is 2.15. The molecule has 1 aromatic carbocycles. The van der Waals surface area contributed by atoms with Crippen molar-refractivity contribution in [2.45, 2.75) is 13.5 Å². The molecular weight excluding hydrogens is 262 g/mol. The van der Waals surface area contributed by atoms with Crippen LogP contribution in [0.4, 0.5) is 0 Å². The van der Waals surface area contributed by atoms with Crippen LogP contribution in [0, 0.1) is 6.92 Å². The number of methoxy groups -OCH3 is 2. The first-order valence-corrected chi connectivity index (χ1v) is 5.21. The molecule has 0 heterocycles. The van der Waals surface area contributed by atoms with Crippen molar-refractivity contribution in [2.24, 2.45) is 0 Å². The van der Waals surface area contributed by atoms with Gasteiger partial charge in [-0.3, -0.25) is 0 Å². The molecule has 0 aliphatic carbocycles. The standard InChI is InChI=1S/C10H14BrNO3/c1-6-4-8(14-2)7(5-12-13)9(11)10(6)15-3/h4,12-13H,5H2,1-3H3. The number of rotatable bonds is 4. The smallest absolute Gasteiger partial charge is 0.136 e. The van der Waals surface area contributed by atoms with Crippen molar-refractivity contribution < 1.29 is 14.7 Å². The SMILES string of the molecule is COc1cc(C)c(OC)c(Br)c1CNO. The predicted molar refractivity (Wildman–Crippen MR) is 60.6 cm³/mol. The van der Waals surface area contributed by atoms with Gasteiger partial charge >= 0.3 is 0 Å². The Hall–Kier alpha value is -0.780. The Morgan fingerprint density at radius 1 is 1.40 bits per heavy atom. The summed E-state index contributed by atoms with van der Waals surface area (Å²) in [5.41, 5.74) is 3.90. The highest BCUT2D eigenvalue weighted by Crippen LogP contribution is 2.37. The Morgan fingerprint density at radius 3 is 2.53 bits per heavy atom. The fourth-order valence-electron chi connectivity index (χ4n) is 1.44. The normalized spacial score (nSPS) is 10.2. The molecule has 1 aromatic rings. The molecule has 5 heteroatoms. The number of hydroxylamine groups is 1. The maximum absolute atomic E-state index is 8.73. The molecule has 0 atom stereocenters. The van der Waals surface area contributed by atoms with E-state index in [1.807, 2.05) is 13.0 Å². The molecule has 0 bridgehead atoms. The lowest BCUT2D eigenvalue weighted by Crippen LogP contribution is -2.09. The third kappa shape index (κ3) is 2.42. The van der Waals surface area contributed by atoms with Crippen molar-refractivity contribution in [1.82, 2.24) is 5.48 Å². The van der Waals surface area contributed by atoms with Gasteiger partial charge in [0, 0.05) is 5.56 Å². The summed E-state index contributed by atoms with van der Waals surface area (Å²) >= 11 is 3.43. The highest BCUT2D eigenvalue weighted by molar-refractivity contribution is 9.10. The molecule has 0 radical (unpaired) electrons. The number of hydrogen-bond donors (Lipinski definition) is 2. The maximum atomic E-state index is 8.73. The summed E-state index contributed by atoms with van der Waals surface area (Å²) in [5, 5.41) is 8.73. The monoisotopic (exact) mass is 275 g/mol. The van der Waals surface area contributed by atoms with Gasteiger partial charge in [0.05, 0.1) is 25.2 Å². The van der Waals surface area contributed by atoms with E-state index < -0.39 is 0 Å². The van der Waals surface area contributed by atoms with Crippen molar-refractivity contribution in [2.75, 3.05) is 14.2 Å². The van der Waals surface area contributed by atoms with E-state index in [4.69, 9.17) is 14.7 Å². The van der Waals surface area contributed by atoms with E-state index in [2.05, 4.69) is 21.4 Å². The second-order valence-electron chi connectivity index (χ2n) is 3.06. The van der Waals surface area contributed by atoms with Crippen LogP contribution in [0.15, 0.2) is 10.5 Å². The summed E-state index contributed by atoms with van der Waals surface area (Å²) in [5.74, 6) is 1.46. The van der Waals surface area contributed by atoms with Crippen LogP contribution in [0.25, 0.3) is 0 Å². The molecule has 0 fully saturated rings. The maximum Gasteiger partial charge on any atom is 0.136 e. The molecule has 0 unspecified atom stereocenters. The van der Waals surface area contributed by atoms with Crippen molar-refractivity contribution in [3.63, 3.8) is 0 Å². The van der Waals surface area contributed by atoms with Crippen molar-refractivity contribution >= 4 is 15.9 Å². The van der Waals surface area contributed by atoms with Crippen LogP contribution in [-0.2, 0) is 6.54 Å². The van der Waals surface area contributed by atoms with E-state index in [0.29, 0.717) is 12.3 Å². The molecule has 0 saturated heterocycles. The van der Waals surface area contributed by atoms with Gasteiger partial charge in [-0.25, -0.2) is 5.48 Å². The zero-order valence-electron chi connectivity index (χ0n) is 8.93. The minimum absolute atomic E-state index is 0.292. The van der Waals surface area contributed by atoms with Gasteiger partial charge in [-0.1, -0.05) is 0 Å². The number of nitrogens with one attached hydrogen (secondary N) is 1. The van der Waals surface area contributed by atoms with Gasteiger partial charge in [0.25, 0.3) is 0 Å². The first-order chi connectivity index (χ1) is 7.15. The Morgan fingerprint density at radius 2 is 2.07 bits per heavy atom. The lowest BCUT2D eigenvalue weighted by Gasteiger charge is -2.15. The van der Waals surface area contributed by atoms with Gasteiger partial charge in [0.15, 0.2) is 0 Å². The van der Waals surface area contributed by atoms with Gasteiger partial charge in [-0.05, 0) is 34.5 Å². The van der Waals surface area contributed by atoms with Gasteiger partial charge in [0.2, 0.25) is 0 Å². The topological polar surface area (TPSA) is 50.7 Å². The van der Waals surface area contributed by atoms with E-state index in [0.717, 1.165) is 21.3 Å². The summed E-state index contributed by atoms with van der Waals surface area (Å²) in [7, 11) is 3.20. The number of ether oxygens (including phenoxy) is 2. The molecule has 1 rings (SSSR count). The minimum atomic E-state index is 0.292. The van der Waals surface area contributed by atoms with E-state index in [1.165, 1.54) is 0 Å². The molecule has 15 heavy (non-hydrogen) atoms. The van der Waals surface area contributed by atoms with Crippen LogP contribution in [-0.4, -0.2) is 19.4 Å². The van der Waals surface area contributed by atoms with Gasteiger partial charge in [-0.2, -0.15) is 0 Å². The molecule has 0 aromatic heterocycles. The van der Waals surface area contributed by atoms with E-state index in [9.17, 15) is 0 Å². The molecule has 4 nitrogen and oxygen atoms in total. The summed E-state index contributed by atoms with van der Waals surface area (Å²) in [6.45, 7) is 2.22. The van der Waals surface area contributed by atoms with Crippen molar-refractivity contribution in [3.8, 4) is 11.5 Å². The fourth-order valence-corrected chi connectivity index (χ4v) is 2.25. The Labute approximate surface area is 97.3 Å². The Kier molecular flexibility index (Phi) is 4.38. The first kappa shape index (κ1) is 12.3. The highest BCUT2D eigenvalue weighted by Gasteiger charge is 2.15. The Bertz CT molecular complexity index is 355. The molecule has 0 amide bonds. The molecule has 0 saturated carbocycles. The van der Waals surface area contributed by atoms with Gasteiger partial charge < -0.3 is 14.7 Å². The fraction of sp³-hybridized carbons (Fsp3) is 0.400. The largest absolute Gasteiger partial charge is 0.496 e. The number of benzene rings is 1. The van der Waals surface area contributed by atoms with E-state index >= 15 is 0 Å². The minimum Gasteiger partial charge on any atom is -0.496 e. The van der Waals surface area contributed by atoms with Crippen molar-refractivity contribution in [1.29, 1.82) is 0 Å². The van der Waals surface area contributed by atoms with Gasteiger partial charge in [0.1, 0.15) is 11.5 Å². The second-order valence-corrected chi connectivity index (χ2v) is 3.85. The van der Waals surface area contributed by atoms with Crippen LogP contribution < -0.4 is 15.0 Å². The number of halogens is 1. The lowest BCUT2D eigenvalue weighted by atomic mass is 10.1. The summed E-state index contributed by atoms with van der Waals surface area (Å²) in [6, 6.07) is 1.87. The number of hydrogen-bond acceptors (Lipinski definition) is 4. The van der Waals surface area contributed by atoms with Crippen LogP contribution in [0.1, 0.15) is 11.1 Å². The average Bonchev–Trinajstić information content (AvgIpc) is 2.22. The van der Waals surface area contributed by atoms with Crippen LogP contribution in [0.5, 0.6) is 11.5 Å². The molecule has 2 N–H and O–H groups in total. The molecule has 0 spiro atoms. The first-order valence-electron chi connectivity index (χ1n) is 4.42. The van der Waals surface area contributed by atoms with Crippen LogP contribution >= 0.6 is 15.9 Å². The number of aryl methyl sites for hydroxylation is 1. The zero-order valence-corrected chi connectivity index (χ0v) is 10.5. The molecule has 0 aliphatic rings. The Balaban J connectivity index is 3.32. The zero-order chi connectivity index (χ0) is 11.4. The van der Waals surface area contributed by atoms with E-state index in [-0.39, 0.29) is 0 Å². The summed E-state index contributed by atoms with van der Waals surface area (Å²) in [4.78, 5) is 0. The quantitative estimate of drug-likeness (QED) is 0.828. The third-order valence-corrected chi connectivity index (χ3v) is 2.99. The average molecular weight is 276 g/mol. The summed E-state index contributed by atoms with van der Waals surface area (Å²) < 4.78 is 11.3. The molecule has 84 valence electrons. The highest BCUT2D eigenvalue weighted by atomic mass is 79.9. The van der Waals surface area contributed by atoms with Crippen LogP contribution in [0.2, 0.25) is 0 Å². The lowest BCUT2D eigenvalue weighted by molar-refractivity contribution is 0.159. The second kappa shape index (κ2) is 5.34. The van der Waals surface area contributed by atoms with E-state index in [1.54, 1.807) is 14.2 Å².